The zero-order chi connectivity index (χ0) is 22.3. The maximum atomic E-state index is 5.72. The summed E-state index contributed by atoms with van der Waals surface area (Å²) in [4.78, 5) is 0. The second-order valence-corrected chi connectivity index (χ2v) is 10.7. The summed E-state index contributed by atoms with van der Waals surface area (Å²) < 4.78 is 11.4. The van der Waals surface area contributed by atoms with Crippen molar-refractivity contribution < 1.29 is 9.47 Å². The molecule has 0 radical (unpaired) electrons. The molecule has 2 aromatic rings. The van der Waals surface area contributed by atoms with Gasteiger partial charge < -0.3 is 0 Å². The minimum atomic E-state index is 0.593. The van der Waals surface area contributed by atoms with Crippen LogP contribution in [-0.4, -0.2) is 29.2 Å². The first-order valence-electron chi connectivity index (χ1n) is 12.1. The van der Waals surface area contributed by atoms with Crippen LogP contribution >= 0.6 is 0 Å². The van der Waals surface area contributed by atoms with Gasteiger partial charge in [0.2, 0.25) is 0 Å². The van der Waals surface area contributed by atoms with Crippen LogP contribution in [0.1, 0.15) is 88.2 Å². The molecule has 0 saturated carbocycles. The molecule has 0 spiro atoms. The van der Waals surface area contributed by atoms with Crippen molar-refractivity contribution in [1.82, 2.24) is 0 Å². The molecule has 0 aromatic heterocycles. The molecule has 172 valence electrons. The van der Waals surface area contributed by atoms with Crippen LogP contribution in [-0.2, 0) is 0 Å². The molecule has 0 bridgehead atoms. The van der Waals surface area contributed by atoms with Gasteiger partial charge in [0.25, 0.3) is 0 Å². The Labute approximate surface area is 197 Å². The zero-order valence-corrected chi connectivity index (χ0v) is 21.8. The van der Waals surface area contributed by atoms with E-state index in [1.807, 2.05) is 0 Å². The van der Waals surface area contributed by atoms with E-state index in [4.69, 9.17) is 9.47 Å². The van der Waals surface area contributed by atoms with E-state index in [1.165, 1.54) is 73.1 Å². The quantitative estimate of drug-likeness (QED) is 0.174. The number of benzene rings is 2. The van der Waals surface area contributed by atoms with Gasteiger partial charge in [-0.05, 0) is 0 Å². The van der Waals surface area contributed by atoms with Gasteiger partial charge >= 0.3 is 197 Å². The van der Waals surface area contributed by atoms with Crippen molar-refractivity contribution in [2.24, 2.45) is 0 Å². The van der Waals surface area contributed by atoms with Gasteiger partial charge in [0, 0.05) is 0 Å². The molecule has 0 aliphatic carbocycles. The standard InChI is InChI=1S/C28H42O2Se/c1-5-7-9-15-23(25-17-11-13-19-27(25)29-3)21-31-22-24(16-10-8-6-2)26-18-12-14-20-28(26)30-4/h11-14,17-20,23-24H,5-10,15-16,21-22H2,1-4H3. The Kier molecular flexibility index (Phi) is 12.8. The normalized spacial score (nSPS) is 13.0. The van der Waals surface area contributed by atoms with Crippen LogP contribution in [0.3, 0.4) is 0 Å². The molecule has 2 aromatic carbocycles. The van der Waals surface area contributed by atoms with E-state index in [0.717, 1.165) is 11.5 Å². The Morgan fingerprint density at radius 2 is 1.06 bits per heavy atom. The third-order valence-corrected chi connectivity index (χ3v) is 8.79. The Balaban J connectivity index is 2.09. The zero-order valence-electron chi connectivity index (χ0n) is 20.1. The van der Waals surface area contributed by atoms with E-state index < -0.39 is 0 Å². The van der Waals surface area contributed by atoms with Gasteiger partial charge in [-0.25, -0.2) is 0 Å². The molecule has 3 heteroatoms. The van der Waals surface area contributed by atoms with Crippen molar-refractivity contribution in [3.8, 4) is 11.5 Å². The topological polar surface area (TPSA) is 18.5 Å². The second kappa shape index (κ2) is 15.4. The molecule has 0 aliphatic rings. The fraction of sp³-hybridized carbons (Fsp3) is 0.571. The molecular weight excluding hydrogens is 447 g/mol. The van der Waals surface area contributed by atoms with Crippen molar-refractivity contribution in [3.63, 3.8) is 0 Å². The number of hydrogen-bond acceptors (Lipinski definition) is 2. The number of rotatable bonds is 16. The third-order valence-electron chi connectivity index (χ3n) is 6.11. The summed E-state index contributed by atoms with van der Waals surface area (Å²) in [5.74, 6) is 3.33. The Morgan fingerprint density at radius 1 is 0.645 bits per heavy atom. The Morgan fingerprint density at radius 3 is 1.45 bits per heavy atom. The predicted molar refractivity (Wildman–Crippen MR) is 135 cm³/mol. The van der Waals surface area contributed by atoms with Gasteiger partial charge in [0.15, 0.2) is 0 Å². The van der Waals surface area contributed by atoms with E-state index in [1.54, 1.807) is 14.2 Å². The summed E-state index contributed by atoms with van der Waals surface area (Å²) in [6.45, 7) is 4.58. The predicted octanol–water partition coefficient (Wildman–Crippen LogP) is 8.27. The summed E-state index contributed by atoms with van der Waals surface area (Å²) in [5.41, 5.74) is 2.81. The minimum absolute atomic E-state index is 0.593. The monoisotopic (exact) mass is 490 g/mol. The summed E-state index contributed by atoms with van der Waals surface area (Å²) in [6, 6.07) is 17.3. The van der Waals surface area contributed by atoms with Crippen LogP contribution in [0.4, 0.5) is 0 Å². The maximum absolute atomic E-state index is 5.72. The molecule has 0 saturated heterocycles. The van der Waals surface area contributed by atoms with Gasteiger partial charge in [0.1, 0.15) is 0 Å². The number of ether oxygens (including phenoxy) is 2. The first-order valence-corrected chi connectivity index (χ1v) is 14.5. The van der Waals surface area contributed by atoms with Crippen molar-refractivity contribution >= 4 is 15.0 Å². The van der Waals surface area contributed by atoms with Crippen molar-refractivity contribution in [2.75, 3.05) is 14.2 Å². The molecule has 0 aliphatic heterocycles. The molecule has 0 amide bonds. The van der Waals surface area contributed by atoms with E-state index in [2.05, 4.69) is 62.4 Å². The molecule has 2 unspecified atom stereocenters. The van der Waals surface area contributed by atoms with E-state index in [-0.39, 0.29) is 0 Å². The average molecular weight is 490 g/mol. The van der Waals surface area contributed by atoms with Gasteiger partial charge in [-0.1, -0.05) is 0 Å². The number of para-hydroxylation sites is 2. The Hall–Kier alpha value is -1.44. The van der Waals surface area contributed by atoms with Gasteiger partial charge in [-0.2, -0.15) is 0 Å². The number of hydrogen-bond donors (Lipinski definition) is 0. The summed E-state index contributed by atoms with van der Waals surface area (Å²) in [7, 11) is 3.61. The fourth-order valence-electron chi connectivity index (χ4n) is 4.30. The van der Waals surface area contributed by atoms with E-state index in [0.29, 0.717) is 26.8 Å². The molecule has 2 rings (SSSR count). The first kappa shape index (κ1) is 25.8. The molecule has 31 heavy (non-hydrogen) atoms. The molecule has 2 atom stereocenters. The average Bonchev–Trinajstić information content (AvgIpc) is 2.82. The van der Waals surface area contributed by atoms with Crippen LogP contribution in [0.15, 0.2) is 48.5 Å². The first-order chi connectivity index (χ1) is 15.2. The third kappa shape index (κ3) is 8.54. The fourth-order valence-corrected chi connectivity index (χ4v) is 7.23. The van der Waals surface area contributed by atoms with Gasteiger partial charge in [-0.3, -0.25) is 0 Å². The van der Waals surface area contributed by atoms with Crippen molar-refractivity contribution in [2.45, 2.75) is 87.7 Å². The number of methoxy groups -OCH3 is 2. The molecular formula is C28H42O2Se. The van der Waals surface area contributed by atoms with E-state index >= 15 is 0 Å². The Bertz CT molecular complexity index is 669. The van der Waals surface area contributed by atoms with Crippen molar-refractivity contribution in [1.29, 1.82) is 0 Å². The molecule has 0 fully saturated rings. The van der Waals surface area contributed by atoms with Crippen LogP contribution in [0.2, 0.25) is 10.6 Å². The second-order valence-electron chi connectivity index (χ2n) is 8.41. The van der Waals surface area contributed by atoms with Gasteiger partial charge in [-0.15, -0.1) is 0 Å². The SMILES string of the molecule is CCCCCC(C[Se]CC(CCCCC)c1ccccc1OC)c1ccccc1OC. The van der Waals surface area contributed by atoms with Crippen LogP contribution in [0.25, 0.3) is 0 Å². The molecule has 0 N–H and O–H groups in total. The van der Waals surface area contributed by atoms with Crippen LogP contribution in [0.5, 0.6) is 11.5 Å². The summed E-state index contributed by atoms with van der Waals surface area (Å²) in [6.07, 6.45) is 10.3. The molecule has 2 nitrogen and oxygen atoms in total. The van der Waals surface area contributed by atoms with Gasteiger partial charge in [0.05, 0.1) is 0 Å². The van der Waals surface area contributed by atoms with Crippen LogP contribution < -0.4 is 9.47 Å². The van der Waals surface area contributed by atoms with Crippen molar-refractivity contribution in [3.05, 3.63) is 59.7 Å². The summed E-state index contributed by atoms with van der Waals surface area (Å²) >= 11 is 0.593. The molecule has 0 heterocycles. The van der Waals surface area contributed by atoms with Crippen LogP contribution in [0, 0.1) is 0 Å². The van der Waals surface area contributed by atoms with E-state index in [9.17, 15) is 0 Å². The number of unbranched alkanes of at least 4 members (excludes halogenated alkanes) is 4. The summed E-state index contributed by atoms with van der Waals surface area (Å²) in [5, 5.41) is 2.58.